The molecule has 0 spiro atoms. The summed E-state index contributed by atoms with van der Waals surface area (Å²) in [4.78, 5) is 0. The van der Waals surface area contributed by atoms with Gasteiger partial charge in [-0.25, -0.2) is 0 Å². The molecule has 0 fully saturated rings. The van der Waals surface area contributed by atoms with Gasteiger partial charge >= 0.3 is 0 Å². The Labute approximate surface area is 162 Å². The van der Waals surface area contributed by atoms with Gasteiger partial charge in [-0.2, -0.15) is 4.57 Å². The minimum absolute atomic E-state index is 0.794. The van der Waals surface area contributed by atoms with Gasteiger partial charge in [-0.05, 0) is 48.5 Å². The van der Waals surface area contributed by atoms with Crippen LogP contribution in [0, 0.1) is 0 Å². The van der Waals surface area contributed by atoms with E-state index in [1.54, 1.807) is 7.11 Å². The Morgan fingerprint density at radius 1 is 0.852 bits per heavy atom. The molecule has 0 unspecified atom stereocenters. The standard InChI is InChI=1S/C24H29N2O/c1-27-24-16-14-20(22-11-4-5-12-23(22)24)13-15-21-10-6-9-19-26(21)18-8-3-2-7-17-25/h4-6,9-16,19H,2-3,7-8,17-18,25H2,1H3/q+1/b15-13+. The van der Waals surface area contributed by atoms with E-state index in [0.29, 0.717) is 0 Å². The monoisotopic (exact) mass is 361 g/mol. The summed E-state index contributed by atoms with van der Waals surface area (Å²) in [7, 11) is 1.72. The Morgan fingerprint density at radius 2 is 1.63 bits per heavy atom. The van der Waals surface area contributed by atoms with Crippen LogP contribution in [0.4, 0.5) is 0 Å². The van der Waals surface area contributed by atoms with Crippen molar-refractivity contribution in [3.05, 3.63) is 72.1 Å². The second-order valence-electron chi connectivity index (χ2n) is 6.76. The molecule has 0 saturated heterocycles. The molecular formula is C24H29N2O+. The van der Waals surface area contributed by atoms with Crippen LogP contribution >= 0.6 is 0 Å². The minimum atomic E-state index is 0.794. The quantitative estimate of drug-likeness (QED) is 0.438. The summed E-state index contributed by atoms with van der Waals surface area (Å²) in [6, 6.07) is 18.9. The van der Waals surface area contributed by atoms with Crippen LogP contribution in [0.25, 0.3) is 22.9 Å². The van der Waals surface area contributed by atoms with E-state index in [-0.39, 0.29) is 0 Å². The summed E-state index contributed by atoms with van der Waals surface area (Å²) in [5, 5.41) is 2.35. The lowest BCUT2D eigenvalue weighted by Gasteiger charge is -2.08. The summed E-state index contributed by atoms with van der Waals surface area (Å²) in [6.07, 6.45) is 11.3. The Balaban J connectivity index is 1.80. The summed E-state index contributed by atoms with van der Waals surface area (Å²) in [5.74, 6) is 0.912. The molecule has 0 radical (unpaired) electrons. The molecule has 3 rings (SSSR count). The number of nitrogens with zero attached hydrogens (tertiary/aromatic N) is 1. The van der Waals surface area contributed by atoms with Gasteiger partial charge in [0.2, 0.25) is 5.69 Å². The summed E-state index contributed by atoms with van der Waals surface area (Å²) in [6.45, 7) is 1.83. The van der Waals surface area contributed by atoms with Gasteiger partial charge in [0.05, 0.1) is 7.11 Å². The van der Waals surface area contributed by atoms with Crippen molar-refractivity contribution in [1.82, 2.24) is 0 Å². The molecule has 0 amide bonds. The molecule has 3 nitrogen and oxygen atoms in total. The average molecular weight is 362 g/mol. The maximum atomic E-state index is 5.58. The number of ether oxygens (including phenoxy) is 1. The Morgan fingerprint density at radius 3 is 2.44 bits per heavy atom. The van der Waals surface area contributed by atoms with Gasteiger partial charge in [0.15, 0.2) is 6.20 Å². The van der Waals surface area contributed by atoms with E-state index in [2.05, 4.69) is 65.4 Å². The number of hydrogen-bond acceptors (Lipinski definition) is 2. The van der Waals surface area contributed by atoms with Crippen LogP contribution < -0.4 is 15.0 Å². The predicted octanol–water partition coefficient (Wildman–Crippen LogP) is 4.83. The molecule has 1 heterocycles. The van der Waals surface area contributed by atoms with Gasteiger partial charge in [-0.15, -0.1) is 0 Å². The minimum Gasteiger partial charge on any atom is -0.496 e. The van der Waals surface area contributed by atoms with Crippen molar-refractivity contribution in [1.29, 1.82) is 0 Å². The van der Waals surface area contributed by atoms with E-state index in [9.17, 15) is 0 Å². The summed E-state index contributed by atoms with van der Waals surface area (Å²) >= 11 is 0. The molecule has 1 aromatic heterocycles. The zero-order valence-corrected chi connectivity index (χ0v) is 16.1. The molecular weight excluding hydrogens is 332 g/mol. The summed E-state index contributed by atoms with van der Waals surface area (Å²) < 4.78 is 7.82. The zero-order chi connectivity index (χ0) is 18.9. The smallest absolute Gasteiger partial charge is 0.205 e. The third-order valence-electron chi connectivity index (χ3n) is 4.90. The van der Waals surface area contributed by atoms with Crippen molar-refractivity contribution in [2.45, 2.75) is 32.2 Å². The first-order valence-electron chi connectivity index (χ1n) is 9.76. The molecule has 2 aromatic carbocycles. The highest BCUT2D eigenvalue weighted by atomic mass is 16.5. The second-order valence-corrected chi connectivity index (χ2v) is 6.76. The van der Waals surface area contributed by atoms with Crippen LogP contribution in [0.1, 0.15) is 36.9 Å². The molecule has 3 heteroatoms. The molecule has 0 atom stereocenters. The van der Waals surface area contributed by atoms with Crippen molar-refractivity contribution < 1.29 is 9.30 Å². The van der Waals surface area contributed by atoms with Crippen LogP contribution in [0.15, 0.2) is 60.8 Å². The molecule has 27 heavy (non-hydrogen) atoms. The van der Waals surface area contributed by atoms with Crippen LogP contribution in [0.5, 0.6) is 5.75 Å². The Kier molecular flexibility index (Phi) is 7.00. The van der Waals surface area contributed by atoms with Crippen LogP contribution in [-0.4, -0.2) is 13.7 Å². The molecule has 140 valence electrons. The van der Waals surface area contributed by atoms with E-state index < -0.39 is 0 Å². The Hall–Kier alpha value is -2.65. The van der Waals surface area contributed by atoms with E-state index >= 15 is 0 Å². The highest BCUT2D eigenvalue weighted by molar-refractivity contribution is 5.96. The third kappa shape index (κ3) is 4.95. The van der Waals surface area contributed by atoms with Crippen molar-refractivity contribution >= 4 is 22.9 Å². The number of aryl methyl sites for hydroxylation is 1. The number of unbranched alkanes of at least 4 members (excludes halogenated alkanes) is 3. The number of hydrogen-bond donors (Lipinski definition) is 1. The lowest BCUT2D eigenvalue weighted by molar-refractivity contribution is -0.699. The SMILES string of the molecule is COc1ccc(/C=C/c2cccc[n+]2CCCCCCN)c2ccccc12. The fourth-order valence-electron chi connectivity index (χ4n) is 3.42. The normalized spacial score (nSPS) is 11.3. The maximum Gasteiger partial charge on any atom is 0.205 e. The first kappa shape index (κ1) is 19.1. The van der Waals surface area contributed by atoms with Crippen molar-refractivity contribution in [2.75, 3.05) is 13.7 Å². The number of benzene rings is 2. The van der Waals surface area contributed by atoms with E-state index in [4.69, 9.17) is 10.5 Å². The van der Waals surface area contributed by atoms with E-state index in [1.165, 1.54) is 35.9 Å². The summed E-state index contributed by atoms with van der Waals surface area (Å²) in [5.41, 5.74) is 7.99. The molecule has 2 N–H and O–H groups in total. The Bertz CT molecular complexity index is 902. The highest BCUT2D eigenvalue weighted by Gasteiger charge is 2.07. The average Bonchev–Trinajstić information content (AvgIpc) is 2.72. The number of nitrogens with two attached hydrogens (primary N) is 1. The number of rotatable bonds is 9. The third-order valence-corrected chi connectivity index (χ3v) is 4.90. The van der Waals surface area contributed by atoms with Crippen LogP contribution in [0.3, 0.4) is 0 Å². The van der Waals surface area contributed by atoms with Crippen LogP contribution in [-0.2, 0) is 6.54 Å². The number of pyridine rings is 1. The molecule has 0 bridgehead atoms. The molecule has 0 aliphatic heterocycles. The van der Waals surface area contributed by atoms with E-state index in [1.807, 2.05) is 12.1 Å². The number of aromatic nitrogens is 1. The number of methoxy groups -OCH3 is 1. The molecule has 3 aromatic rings. The molecule has 0 saturated carbocycles. The highest BCUT2D eigenvalue weighted by Crippen LogP contribution is 2.29. The topological polar surface area (TPSA) is 39.1 Å². The van der Waals surface area contributed by atoms with Gasteiger partial charge in [-0.1, -0.05) is 36.8 Å². The van der Waals surface area contributed by atoms with Gasteiger partial charge in [0.1, 0.15) is 12.3 Å². The van der Waals surface area contributed by atoms with Gasteiger partial charge in [-0.3, -0.25) is 0 Å². The molecule has 0 aliphatic carbocycles. The van der Waals surface area contributed by atoms with Crippen LogP contribution in [0.2, 0.25) is 0 Å². The van der Waals surface area contributed by atoms with Crippen molar-refractivity contribution in [3.8, 4) is 5.75 Å². The first-order chi connectivity index (χ1) is 13.3. The first-order valence-corrected chi connectivity index (χ1v) is 9.76. The lowest BCUT2D eigenvalue weighted by atomic mass is 10.0. The van der Waals surface area contributed by atoms with Gasteiger partial charge < -0.3 is 10.5 Å². The second kappa shape index (κ2) is 9.89. The largest absolute Gasteiger partial charge is 0.496 e. The van der Waals surface area contributed by atoms with Crippen molar-refractivity contribution in [2.24, 2.45) is 5.73 Å². The van der Waals surface area contributed by atoms with Gasteiger partial charge in [0, 0.05) is 30.0 Å². The number of fused-ring (bicyclic) bond motifs is 1. The van der Waals surface area contributed by atoms with Crippen molar-refractivity contribution in [3.63, 3.8) is 0 Å². The zero-order valence-electron chi connectivity index (χ0n) is 16.1. The molecule has 0 aliphatic rings. The van der Waals surface area contributed by atoms with Gasteiger partial charge in [0.25, 0.3) is 0 Å². The maximum absolute atomic E-state index is 5.58. The fourth-order valence-corrected chi connectivity index (χ4v) is 3.42. The predicted molar refractivity (Wildman–Crippen MR) is 114 cm³/mol. The fraction of sp³-hybridized carbons (Fsp3) is 0.292. The lowest BCUT2D eigenvalue weighted by Crippen LogP contribution is -2.36. The van der Waals surface area contributed by atoms with E-state index in [0.717, 1.165) is 30.6 Å².